The predicted octanol–water partition coefficient (Wildman–Crippen LogP) is 1.40. The molecular weight excluding hydrogens is 394 g/mol. The summed E-state index contributed by atoms with van der Waals surface area (Å²) in [7, 11) is 0. The van der Waals surface area contributed by atoms with Crippen LogP contribution >= 0.6 is 11.6 Å². The summed E-state index contributed by atoms with van der Waals surface area (Å²) in [6.45, 7) is 2.56. The number of aromatic nitrogens is 4. The lowest BCUT2D eigenvalue weighted by Crippen LogP contribution is -2.29. The van der Waals surface area contributed by atoms with Gasteiger partial charge in [0, 0.05) is 6.54 Å². The molecule has 3 rings (SSSR count). The summed E-state index contributed by atoms with van der Waals surface area (Å²) < 4.78 is 1.53. The summed E-state index contributed by atoms with van der Waals surface area (Å²) in [6.07, 6.45) is 0.577. The highest BCUT2D eigenvalue weighted by molar-refractivity contribution is 6.35. The Morgan fingerprint density at radius 2 is 2.07 bits per heavy atom. The van der Waals surface area contributed by atoms with Gasteiger partial charge in [0.1, 0.15) is 23.3 Å². The van der Waals surface area contributed by atoms with Crippen LogP contribution in [-0.2, 0) is 6.54 Å². The van der Waals surface area contributed by atoms with Gasteiger partial charge < -0.3 is 22.5 Å². The number of anilines is 3. The van der Waals surface area contributed by atoms with Crippen molar-refractivity contribution in [1.82, 2.24) is 19.5 Å². The fraction of sp³-hybridized carbons (Fsp3) is 0.278. The number of nitrogens with two attached hydrogens (primary N) is 3. The second-order valence-corrected chi connectivity index (χ2v) is 6.78. The third-order valence-electron chi connectivity index (χ3n) is 4.35. The maximum absolute atomic E-state index is 13.1. The van der Waals surface area contributed by atoms with E-state index in [0.717, 1.165) is 0 Å². The standard InChI is InChI=1S/C18H20ClN9O/c1-9(24-15-10(8-21)14(22)26-18(23)27-15)16-25-12-5-2-4-11(19)13(12)17(29)28(16)7-3-6-20/h2,4-5,9H,3,6-7,20H2,1H3,(H5,22,23,24,26,27)/t9-/m0/s1. The van der Waals surface area contributed by atoms with Crippen LogP contribution in [0.2, 0.25) is 5.02 Å². The van der Waals surface area contributed by atoms with Crippen molar-refractivity contribution >= 4 is 40.1 Å². The Morgan fingerprint density at radius 1 is 1.31 bits per heavy atom. The van der Waals surface area contributed by atoms with Crippen molar-refractivity contribution in [2.45, 2.75) is 25.9 Å². The molecule has 0 spiro atoms. The SMILES string of the molecule is C[C@H](Nc1nc(N)nc(N)c1C#N)c1nc2cccc(Cl)c2c(=O)n1CCCN. The molecule has 0 aliphatic carbocycles. The number of benzene rings is 1. The number of halogens is 1. The van der Waals surface area contributed by atoms with Gasteiger partial charge in [0.15, 0.2) is 5.82 Å². The van der Waals surface area contributed by atoms with E-state index in [-0.39, 0.29) is 28.7 Å². The molecule has 1 atom stereocenters. The van der Waals surface area contributed by atoms with Crippen molar-refractivity contribution in [3.05, 3.63) is 45.0 Å². The molecule has 29 heavy (non-hydrogen) atoms. The molecule has 2 aromatic heterocycles. The fourth-order valence-electron chi connectivity index (χ4n) is 3.02. The first-order chi connectivity index (χ1) is 13.9. The first kappa shape index (κ1) is 20.3. The third-order valence-corrected chi connectivity index (χ3v) is 4.67. The van der Waals surface area contributed by atoms with Crippen molar-refractivity contribution in [1.29, 1.82) is 5.26 Å². The number of fused-ring (bicyclic) bond motifs is 1. The molecule has 7 N–H and O–H groups in total. The summed E-state index contributed by atoms with van der Waals surface area (Å²) in [5, 5.41) is 13.1. The summed E-state index contributed by atoms with van der Waals surface area (Å²) in [6, 6.07) is 6.53. The summed E-state index contributed by atoms with van der Waals surface area (Å²) in [5.41, 5.74) is 17.3. The molecule has 150 valence electrons. The fourth-order valence-corrected chi connectivity index (χ4v) is 3.27. The molecule has 0 saturated heterocycles. The number of nitriles is 1. The maximum Gasteiger partial charge on any atom is 0.262 e. The van der Waals surface area contributed by atoms with E-state index >= 15 is 0 Å². The van der Waals surface area contributed by atoms with E-state index in [2.05, 4.69) is 20.3 Å². The van der Waals surface area contributed by atoms with Crippen LogP contribution in [0.5, 0.6) is 0 Å². The number of nitrogen functional groups attached to an aromatic ring is 2. The lowest BCUT2D eigenvalue weighted by Gasteiger charge is -2.20. The van der Waals surface area contributed by atoms with Gasteiger partial charge in [-0.05, 0) is 32.0 Å². The van der Waals surface area contributed by atoms with Crippen LogP contribution in [0, 0.1) is 11.3 Å². The van der Waals surface area contributed by atoms with E-state index in [1.165, 1.54) is 4.57 Å². The molecule has 2 heterocycles. The van der Waals surface area contributed by atoms with Crippen LogP contribution in [-0.4, -0.2) is 26.1 Å². The van der Waals surface area contributed by atoms with Crippen LogP contribution < -0.4 is 28.1 Å². The maximum atomic E-state index is 13.1. The summed E-state index contributed by atoms with van der Waals surface area (Å²) in [4.78, 5) is 25.6. The minimum atomic E-state index is -0.510. The molecule has 11 heteroatoms. The van der Waals surface area contributed by atoms with Gasteiger partial charge in [-0.15, -0.1) is 0 Å². The second kappa shape index (κ2) is 8.30. The molecule has 0 aliphatic rings. The number of rotatable bonds is 6. The summed E-state index contributed by atoms with van der Waals surface area (Å²) >= 11 is 6.23. The lowest BCUT2D eigenvalue weighted by molar-refractivity contribution is 0.570. The second-order valence-electron chi connectivity index (χ2n) is 6.37. The number of nitrogens with zero attached hydrogens (tertiary/aromatic N) is 5. The Balaban J connectivity index is 2.14. The molecular formula is C18H20ClN9O. The normalized spacial score (nSPS) is 11.9. The molecule has 0 bridgehead atoms. The van der Waals surface area contributed by atoms with Crippen molar-refractivity contribution in [2.24, 2.45) is 5.73 Å². The van der Waals surface area contributed by atoms with E-state index in [1.54, 1.807) is 25.1 Å². The van der Waals surface area contributed by atoms with Crippen molar-refractivity contribution in [3.8, 4) is 6.07 Å². The van der Waals surface area contributed by atoms with Gasteiger partial charge >= 0.3 is 0 Å². The molecule has 0 radical (unpaired) electrons. The van der Waals surface area contributed by atoms with Crippen molar-refractivity contribution < 1.29 is 0 Å². The van der Waals surface area contributed by atoms with E-state index in [1.807, 2.05) is 6.07 Å². The van der Waals surface area contributed by atoms with Crippen LogP contribution in [0.4, 0.5) is 17.6 Å². The van der Waals surface area contributed by atoms with Gasteiger partial charge in [-0.2, -0.15) is 15.2 Å². The number of nitrogens with one attached hydrogen (secondary N) is 1. The first-order valence-corrected chi connectivity index (χ1v) is 9.23. The molecule has 0 fully saturated rings. The van der Waals surface area contributed by atoms with Gasteiger partial charge in [0.05, 0.1) is 22.0 Å². The number of hydrogen-bond donors (Lipinski definition) is 4. The largest absolute Gasteiger partial charge is 0.382 e. The Hall–Kier alpha value is -3.42. The smallest absolute Gasteiger partial charge is 0.262 e. The van der Waals surface area contributed by atoms with Crippen molar-refractivity contribution in [3.63, 3.8) is 0 Å². The molecule has 10 nitrogen and oxygen atoms in total. The van der Waals surface area contributed by atoms with Crippen LogP contribution in [0.3, 0.4) is 0 Å². The van der Waals surface area contributed by atoms with E-state index < -0.39 is 6.04 Å². The number of hydrogen-bond acceptors (Lipinski definition) is 9. The molecule has 0 unspecified atom stereocenters. The first-order valence-electron chi connectivity index (χ1n) is 8.86. The molecule has 0 aliphatic heterocycles. The molecule has 0 saturated carbocycles. The van der Waals surface area contributed by atoms with Gasteiger partial charge in [0.2, 0.25) is 5.95 Å². The summed E-state index contributed by atoms with van der Waals surface area (Å²) in [5.74, 6) is 0.497. The zero-order valence-electron chi connectivity index (χ0n) is 15.7. The highest BCUT2D eigenvalue weighted by atomic mass is 35.5. The van der Waals surface area contributed by atoms with Crippen molar-refractivity contribution in [2.75, 3.05) is 23.3 Å². The third kappa shape index (κ3) is 3.91. The van der Waals surface area contributed by atoms with E-state index in [9.17, 15) is 10.1 Å². The zero-order chi connectivity index (χ0) is 21.1. The average Bonchev–Trinajstić information content (AvgIpc) is 2.66. The lowest BCUT2D eigenvalue weighted by atomic mass is 10.2. The minimum absolute atomic E-state index is 0.0338. The van der Waals surface area contributed by atoms with Crippen LogP contribution in [0.1, 0.15) is 30.8 Å². The van der Waals surface area contributed by atoms with Crippen LogP contribution in [0.15, 0.2) is 23.0 Å². The predicted molar refractivity (Wildman–Crippen MR) is 112 cm³/mol. The zero-order valence-corrected chi connectivity index (χ0v) is 16.4. The van der Waals surface area contributed by atoms with Gasteiger partial charge in [0.25, 0.3) is 5.56 Å². The highest BCUT2D eigenvalue weighted by Crippen LogP contribution is 2.25. The minimum Gasteiger partial charge on any atom is -0.382 e. The van der Waals surface area contributed by atoms with Gasteiger partial charge in [-0.25, -0.2) is 4.98 Å². The average molecular weight is 414 g/mol. The van der Waals surface area contributed by atoms with E-state index in [4.69, 9.17) is 28.8 Å². The molecule has 1 aromatic carbocycles. The highest BCUT2D eigenvalue weighted by Gasteiger charge is 2.20. The monoisotopic (exact) mass is 413 g/mol. The molecule has 3 aromatic rings. The quantitative estimate of drug-likeness (QED) is 0.465. The Bertz CT molecular complexity index is 1170. The van der Waals surface area contributed by atoms with Gasteiger partial charge in [-0.1, -0.05) is 17.7 Å². The Kier molecular flexibility index (Phi) is 5.81. The van der Waals surface area contributed by atoms with Gasteiger partial charge in [-0.3, -0.25) is 9.36 Å². The Labute approximate surface area is 171 Å². The topological polar surface area (TPSA) is 175 Å². The van der Waals surface area contributed by atoms with E-state index in [0.29, 0.717) is 41.3 Å². The van der Waals surface area contributed by atoms with Crippen LogP contribution in [0.25, 0.3) is 10.9 Å². The molecule has 0 amide bonds. The Morgan fingerprint density at radius 3 is 2.76 bits per heavy atom.